The molecule has 3 atom stereocenters. The van der Waals surface area contributed by atoms with E-state index < -0.39 is 53.6 Å². The van der Waals surface area contributed by atoms with E-state index in [1.54, 1.807) is 108 Å². The lowest BCUT2D eigenvalue weighted by atomic mass is 10.1. The summed E-state index contributed by atoms with van der Waals surface area (Å²) in [4.78, 5) is 91.6. The average Bonchev–Trinajstić information content (AvgIpc) is 3.37. The van der Waals surface area contributed by atoms with Crippen LogP contribution in [-0.2, 0) is 67.5 Å². The van der Waals surface area contributed by atoms with Crippen molar-refractivity contribution >= 4 is 41.7 Å². The van der Waals surface area contributed by atoms with E-state index >= 15 is 0 Å². The molecule has 0 radical (unpaired) electrons. The topological polar surface area (TPSA) is 232 Å². The minimum Gasteiger partial charge on any atom is -0.497 e. The number of urea groups is 1. The first-order chi connectivity index (χ1) is 35.0. The molecule has 0 saturated carbocycles. The van der Waals surface area contributed by atoms with E-state index in [-0.39, 0.29) is 57.3 Å². The van der Waals surface area contributed by atoms with Crippen molar-refractivity contribution in [2.24, 2.45) is 0 Å². The van der Waals surface area contributed by atoms with Gasteiger partial charge in [-0.1, -0.05) is 75.4 Å². The molecule has 402 valence electrons. The number of benzene rings is 3. The van der Waals surface area contributed by atoms with Crippen LogP contribution in [0.1, 0.15) is 141 Å². The summed E-state index contributed by atoms with van der Waals surface area (Å²) in [5, 5.41) is 11.0. The summed E-state index contributed by atoms with van der Waals surface area (Å²) in [5.41, 5.74) is 1.42. The number of unbranched alkanes of at least 4 members (excludes halogenated alkanes) is 6. The fraction of sp³-hybridized carbons (Fsp3) is 0.545. The minimum atomic E-state index is -1.30. The number of nitrogens with one attached hydrogen (secondary N) is 4. The Morgan fingerprint density at radius 2 is 0.890 bits per heavy atom. The van der Waals surface area contributed by atoms with E-state index in [0.29, 0.717) is 73.4 Å². The van der Waals surface area contributed by atoms with E-state index in [9.17, 15) is 33.6 Å². The SMILES string of the molecule is CCCCCC(NC(=O)CCCCCCC(=O)NCCCC[C@H](NC(=O)N[C@@H](CCC(=O)OCc1ccc(OC)cc1)C(=O)OCc1ccc(OC)cc1)C(=O)OCc1ccc(OC)cc1)C(=O)OC(C)(C)C. The first kappa shape index (κ1) is 60.5. The van der Waals surface area contributed by atoms with Crippen LogP contribution in [0.15, 0.2) is 72.8 Å². The molecule has 18 nitrogen and oxygen atoms in total. The molecule has 3 aromatic carbocycles. The highest BCUT2D eigenvalue weighted by atomic mass is 16.6. The van der Waals surface area contributed by atoms with Crippen LogP contribution >= 0.6 is 0 Å². The van der Waals surface area contributed by atoms with Crippen LogP contribution in [0, 0.1) is 0 Å². The van der Waals surface area contributed by atoms with Gasteiger partial charge < -0.3 is 54.4 Å². The van der Waals surface area contributed by atoms with E-state index in [4.69, 9.17) is 33.2 Å². The van der Waals surface area contributed by atoms with Crippen molar-refractivity contribution in [3.8, 4) is 17.2 Å². The lowest BCUT2D eigenvalue weighted by Crippen LogP contribution is -2.51. The number of carbonyl (C=O) groups excluding carboxylic acids is 7. The number of esters is 4. The van der Waals surface area contributed by atoms with Crippen molar-refractivity contribution in [1.82, 2.24) is 21.3 Å². The summed E-state index contributed by atoms with van der Waals surface area (Å²) in [5.74, 6) is -1.00. The lowest BCUT2D eigenvalue weighted by Gasteiger charge is -2.24. The van der Waals surface area contributed by atoms with Crippen LogP contribution in [0.25, 0.3) is 0 Å². The van der Waals surface area contributed by atoms with Crippen LogP contribution < -0.4 is 35.5 Å². The van der Waals surface area contributed by atoms with Gasteiger partial charge in [0.25, 0.3) is 0 Å². The Morgan fingerprint density at radius 1 is 0.466 bits per heavy atom. The third-order valence-corrected chi connectivity index (χ3v) is 11.4. The van der Waals surface area contributed by atoms with Gasteiger partial charge in [-0.2, -0.15) is 0 Å². The first-order valence-corrected chi connectivity index (χ1v) is 25.3. The maximum atomic E-state index is 13.6. The fourth-order valence-electron chi connectivity index (χ4n) is 7.23. The molecule has 3 aromatic rings. The quantitative estimate of drug-likeness (QED) is 0.0252. The average molecular weight is 1020 g/mol. The number of rotatable bonds is 34. The van der Waals surface area contributed by atoms with Gasteiger partial charge >= 0.3 is 29.9 Å². The molecule has 0 aromatic heterocycles. The molecule has 1 unspecified atom stereocenters. The zero-order valence-corrected chi connectivity index (χ0v) is 43.8. The van der Waals surface area contributed by atoms with Gasteiger partial charge in [0, 0.05) is 25.8 Å². The Bertz CT molecular complexity index is 2140. The second-order valence-electron chi connectivity index (χ2n) is 18.6. The third kappa shape index (κ3) is 25.9. The maximum Gasteiger partial charge on any atom is 0.329 e. The van der Waals surface area contributed by atoms with Gasteiger partial charge in [-0.15, -0.1) is 0 Å². The molecular formula is C55H78N4O14. The van der Waals surface area contributed by atoms with E-state index in [0.717, 1.165) is 37.7 Å². The number of carbonyl (C=O) groups is 7. The van der Waals surface area contributed by atoms with E-state index in [1.165, 1.54) is 7.11 Å². The van der Waals surface area contributed by atoms with E-state index in [2.05, 4.69) is 28.2 Å². The number of ether oxygens (including phenoxy) is 7. The molecule has 0 aliphatic heterocycles. The molecule has 0 saturated heterocycles. The lowest BCUT2D eigenvalue weighted by molar-refractivity contribution is -0.159. The molecule has 18 heteroatoms. The second kappa shape index (κ2) is 33.7. The zero-order valence-electron chi connectivity index (χ0n) is 43.8. The Kier molecular flexibility index (Phi) is 27.9. The molecule has 0 bridgehead atoms. The smallest absolute Gasteiger partial charge is 0.329 e. The Morgan fingerprint density at radius 3 is 1.34 bits per heavy atom. The molecule has 4 N–H and O–H groups in total. The molecule has 0 fully saturated rings. The van der Waals surface area contributed by atoms with E-state index in [1.807, 2.05) is 0 Å². The molecule has 0 aliphatic carbocycles. The summed E-state index contributed by atoms with van der Waals surface area (Å²) >= 11 is 0. The summed E-state index contributed by atoms with van der Waals surface area (Å²) in [6.45, 7) is 7.57. The summed E-state index contributed by atoms with van der Waals surface area (Å²) < 4.78 is 37.7. The third-order valence-electron chi connectivity index (χ3n) is 11.4. The van der Waals surface area contributed by atoms with Gasteiger partial charge in [0.05, 0.1) is 21.3 Å². The Balaban J connectivity index is 1.53. The molecule has 3 rings (SSSR count). The predicted molar refractivity (Wildman–Crippen MR) is 273 cm³/mol. The van der Waals surface area contributed by atoms with Crippen molar-refractivity contribution in [2.45, 2.75) is 168 Å². The Labute approximate surface area is 430 Å². The first-order valence-electron chi connectivity index (χ1n) is 25.3. The zero-order chi connectivity index (χ0) is 53.4. The maximum absolute atomic E-state index is 13.6. The van der Waals surface area contributed by atoms with Crippen LogP contribution in [0.5, 0.6) is 17.2 Å². The predicted octanol–water partition coefficient (Wildman–Crippen LogP) is 8.09. The van der Waals surface area contributed by atoms with Crippen molar-refractivity contribution < 1.29 is 66.7 Å². The van der Waals surface area contributed by atoms with Crippen molar-refractivity contribution in [1.29, 1.82) is 0 Å². The van der Waals surface area contributed by atoms with Gasteiger partial charge in [-0.3, -0.25) is 14.4 Å². The normalized spacial score (nSPS) is 12.2. The van der Waals surface area contributed by atoms with Crippen LogP contribution in [0.4, 0.5) is 4.79 Å². The fourth-order valence-corrected chi connectivity index (χ4v) is 7.23. The highest BCUT2D eigenvalue weighted by Gasteiger charge is 2.29. The van der Waals surface area contributed by atoms with Crippen molar-refractivity contribution in [3.05, 3.63) is 89.5 Å². The summed E-state index contributed by atoms with van der Waals surface area (Å²) in [7, 11) is 4.62. The summed E-state index contributed by atoms with van der Waals surface area (Å²) in [6, 6.07) is 16.8. The highest BCUT2D eigenvalue weighted by molar-refractivity contribution is 5.87. The van der Waals surface area contributed by atoms with Crippen LogP contribution in [-0.4, -0.2) is 93.3 Å². The van der Waals surface area contributed by atoms with Gasteiger partial charge in [-0.25, -0.2) is 19.2 Å². The minimum absolute atomic E-state index is 0.0166. The van der Waals surface area contributed by atoms with Crippen molar-refractivity contribution in [3.63, 3.8) is 0 Å². The number of hydrogen-bond donors (Lipinski definition) is 4. The number of hydrogen-bond acceptors (Lipinski definition) is 14. The number of amides is 4. The highest BCUT2D eigenvalue weighted by Crippen LogP contribution is 2.17. The Hall–Kier alpha value is -6.85. The number of methoxy groups -OCH3 is 3. The second-order valence-corrected chi connectivity index (χ2v) is 18.6. The molecule has 0 aliphatic rings. The largest absolute Gasteiger partial charge is 0.497 e. The van der Waals surface area contributed by atoms with Gasteiger partial charge in [-0.05, 0) is 119 Å². The van der Waals surface area contributed by atoms with Crippen LogP contribution in [0.3, 0.4) is 0 Å². The summed E-state index contributed by atoms with van der Waals surface area (Å²) in [6.07, 6.45) is 7.22. The molecular weight excluding hydrogens is 941 g/mol. The van der Waals surface area contributed by atoms with Gasteiger partial charge in [0.1, 0.15) is 60.8 Å². The molecule has 73 heavy (non-hydrogen) atoms. The molecule has 0 heterocycles. The monoisotopic (exact) mass is 1020 g/mol. The standard InChI is InChI=1S/C55H78N4O14/c1-8-9-12-17-46(53(65)73-55(2,3)4)57-49(61)20-14-11-10-13-19-48(60)56-35-16-15-18-45(51(63)71-37-40-23-29-43(68-6)30-24-40)58-54(66)59-47(52(64)72-38-41-25-31-44(69-7)32-26-41)33-34-50(62)70-36-39-21-27-42(67-5)28-22-39/h21-32,45-47H,8-20,33-38H2,1-7H3,(H,56,60)(H,57,61)(H2,58,59,66)/t45-,46?,47-/m0/s1. The van der Waals surface area contributed by atoms with Crippen molar-refractivity contribution in [2.75, 3.05) is 27.9 Å². The van der Waals surface area contributed by atoms with Crippen LogP contribution in [0.2, 0.25) is 0 Å². The van der Waals surface area contributed by atoms with Gasteiger partial charge in [0.15, 0.2) is 0 Å². The molecule has 4 amide bonds. The van der Waals surface area contributed by atoms with Gasteiger partial charge in [0.2, 0.25) is 11.8 Å². The molecule has 0 spiro atoms.